The SMILES string of the molecule is CC[C@@H](C)NC(=O)COC(=O)c1cc2sc3ccccc3c2s1. The third-order valence-corrected chi connectivity index (χ3v) is 6.00. The van der Waals surface area contributed by atoms with Crippen LogP contribution < -0.4 is 5.32 Å². The molecule has 3 rings (SSSR count). The van der Waals surface area contributed by atoms with Gasteiger partial charge in [-0.25, -0.2) is 4.79 Å². The van der Waals surface area contributed by atoms with E-state index >= 15 is 0 Å². The molecule has 1 amide bonds. The van der Waals surface area contributed by atoms with Crippen molar-refractivity contribution in [1.29, 1.82) is 0 Å². The standard InChI is InChI=1S/C17H17NO3S2/c1-3-10(2)18-15(19)9-21-17(20)14-8-13-16(23-14)11-6-4-5-7-12(11)22-13/h4-8,10H,3,9H2,1-2H3,(H,18,19)/t10-/m1/s1. The molecule has 0 aliphatic heterocycles. The van der Waals surface area contributed by atoms with E-state index in [0.717, 1.165) is 21.2 Å². The lowest BCUT2D eigenvalue weighted by Crippen LogP contribution is -2.35. The van der Waals surface area contributed by atoms with Gasteiger partial charge >= 0.3 is 5.97 Å². The first-order chi connectivity index (χ1) is 11.1. The first kappa shape index (κ1) is 16.0. The third kappa shape index (κ3) is 3.38. The molecule has 0 spiro atoms. The lowest BCUT2D eigenvalue weighted by Gasteiger charge is -2.10. The predicted molar refractivity (Wildman–Crippen MR) is 95.4 cm³/mol. The van der Waals surface area contributed by atoms with Gasteiger partial charge in [0.2, 0.25) is 0 Å². The summed E-state index contributed by atoms with van der Waals surface area (Å²) in [6.07, 6.45) is 0.841. The van der Waals surface area contributed by atoms with E-state index in [2.05, 4.69) is 17.4 Å². The van der Waals surface area contributed by atoms with Gasteiger partial charge in [0.1, 0.15) is 4.88 Å². The molecule has 0 fully saturated rings. The largest absolute Gasteiger partial charge is 0.451 e. The minimum atomic E-state index is -0.443. The van der Waals surface area contributed by atoms with Gasteiger partial charge in [-0.1, -0.05) is 25.1 Å². The van der Waals surface area contributed by atoms with Gasteiger partial charge in [0, 0.05) is 20.8 Å². The first-order valence-corrected chi connectivity index (χ1v) is 9.09. The van der Waals surface area contributed by atoms with Gasteiger partial charge in [0.15, 0.2) is 6.61 Å². The van der Waals surface area contributed by atoms with Crippen molar-refractivity contribution in [3.63, 3.8) is 0 Å². The molecular weight excluding hydrogens is 330 g/mol. The van der Waals surface area contributed by atoms with E-state index in [4.69, 9.17) is 4.74 Å². The molecule has 1 aromatic carbocycles. The van der Waals surface area contributed by atoms with Gasteiger partial charge in [0.05, 0.1) is 4.70 Å². The summed E-state index contributed by atoms with van der Waals surface area (Å²) in [5.74, 6) is -0.710. The van der Waals surface area contributed by atoms with Crippen LogP contribution in [-0.2, 0) is 9.53 Å². The molecule has 0 bridgehead atoms. The maximum absolute atomic E-state index is 12.1. The minimum absolute atomic E-state index is 0.0830. The smallest absolute Gasteiger partial charge is 0.348 e. The van der Waals surface area contributed by atoms with Crippen molar-refractivity contribution < 1.29 is 14.3 Å². The van der Waals surface area contributed by atoms with Gasteiger partial charge in [0.25, 0.3) is 5.91 Å². The molecular formula is C17H17NO3S2. The Kier molecular flexibility index (Phi) is 4.63. The van der Waals surface area contributed by atoms with Gasteiger partial charge in [-0.05, 0) is 25.5 Å². The molecule has 1 N–H and O–H groups in total. The van der Waals surface area contributed by atoms with E-state index in [1.165, 1.54) is 16.0 Å². The number of esters is 1. The molecule has 3 aromatic rings. The van der Waals surface area contributed by atoms with Crippen LogP contribution in [0.4, 0.5) is 0 Å². The summed E-state index contributed by atoms with van der Waals surface area (Å²) in [5, 5.41) is 3.93. The normalized spacial score (nSPS) is 12.4. The Labute approximate surface area is 142 Å². The van der Waals surface area contributed by atoms with Gasteiger partial charge in [-0.3, -0.25) is 4.79 Å². The summed E-state index contributed by atoms with van der Waals surface area (Å²) in [7, 11) is 0. The highest BCUT2D eigenvalue weighted by molar-refractivity contribution is 7.33. The second-order valence-electron chi connectivity index (χ2n) is 5.36. The van der Waals surface area contributed by atoms with Crippen molar-refractivity contribution in [3.8, 4) is 0 Å². The zero-order valence-corrected chi connectivity index (χ0v) is 14.6. The zero-order valence-electron chi connectivity index (χ0n) is 12.9. The van der Waals surface area contributed by atoms with Crippen molar-refractivity contribution in [2.45, 2.75) is 26.3 Å². The zero-order chi connectivity index (χ0) is 16.4. The maximum atomic E-state index is 12.1. The van der Waals surface area contributed by atoms with Crippen molar-refractivity contribution in [2.24, 2.45) is 0 Å². The highest BCUT2D eigenvalue weighted by Crippen LogP contribution is 2.39. The van der Waals surface area contributed by atoms with Crippen LogP contribution >= 0.6 is 22.7 Å². The fourth-order valence-electron chi connectivity index (χ4n) is 2.22. The average molecular weight is 347 g/mol. The van der Waals surface area contributed by atoms with Crippen LogP contribution in [-0.4, -0.2) is 24.5 Å². The molecule has 120 valence electrons. The fourth-order valence-corrected chi connectivity index (χ4v) is 4.64. The Bertz CT molecular complexity index is 865. The van der Waals surface area contributed by atoms with E-state index < -0.39 is 5.97 Å². The monoisotopic (exact) mass is 347 g/mol. The number of carbonyl (C=O) groups is 2. The number of nitrogens with one attached hydrogen (secondary N) is 1. The number of hydrogen-bond acceptors (Lipinski definition) is 5. The Morgan fingerprint density at radius 3 is 2.78 bits per heavy atom. The van der Waals surface area contributed by atoms with E-state index in [1.807, 2.05) is 32.0 Å². The highest BCUT2D eigenvalue weighted by Gasteiger charge is 2.16. The summed E-state index contributed by atoms with van der Waals surface area (Å²) in [6.45, 7) is 3.66. The summed E-state index contributed by atoms with van der Waals surface area (Å²) in [4.78, 5) is 24.3. The number of rotatable bonds is 5. The van der Waals surface area contributed by atoms with E-state index in [9.17, 15) is 9.59 Å². The van der Waals surface area contributed by atoms with Crippen LogP contribution in [0.1, 0.15) is 29.9 Å². The molecule has 2 heterocycles. The number of fused-ring (bicyclic) bond motifs is 3. The maximum Gasteiger partial charge on any atom is 0.348 e. The van der Waals surface area contributed by atoms with E-state index in [-0.39, 0.29) is 18.6 Å². The van der Waals surface area contributed by atoms with Gasteiger partial charge < -0.3 is 10.1 Å². The molecule has 23 heavy (non-hydrogen) atoms. The molecule has 0 saturated heterocycles. The fraction of sp³-hybridized carbons (Fsp3) is 0.294. The second-order valence-corrected chi connectivity index (χ2v) is 7.49. The number of thiophene rings is 2. The second kappa shape index (κ2) is 6.68. The van der Waals surface area contributed by atoms with Crippen LogP contribution in [0.3, 0.4) is 0 Å². The van der Waals surface area contributed by atoms with Gasteiger partial charge in [-0.15, -0.1) is 22.7 Å². The Hall–Kier alpha value is -1.92. The van der Waals surface area contributed by atoms with Crippen molar-refractivity contribution in [1.82, 2.24) is 5.32 Å². The van der Waals surface area contributed by atoms with Crippen LogP contribution in [0.5, 0.6) is 0 Å². The molecule has 0 saturated carbocycles. The topological polar surface area (TPSA) is 55.4 Å². The molecule has 2 aromatic heterocycles. The molecule has 6 heteroatoms. The lowest BCUT2D eigenvalue weighted by molar-refractivity contribution is -0.124. The van der Waals surface area contributed by atoms with Crippen molar-refractivity contribution in [3.05, 3.63) is 35.2 Å². The van der Waals surface area contributed by atoms with Crippen LogP contribution in [0.15, 0.2) is 30.3 Å². The number of benzene rings is 1. The quantitative estimate of drug-likeness (QED) is 0.704. The summed E-state index contributed by atoms with van der Waals surface area (Å²) in [5.41, 5.74) is 0. The van der Waals surface area contributed by atoms with Crippen LogP contribution in [0, 0.1) is 0 Å². The molecule has 0 unspecified atom stereocenters. The highest BCUT2D eigenvalue weighted by atomic mass is 32.1. The molecule has 4 nitrogen and oxygen atoms in total. The minimum Gasteiger partial charge on any atom is -0.451 e. The molecule has 1 atom stereocenters. The Morgan fingerprint density at radius 1 is 1.22 bits per heavy atom. The molecule has 0 aliphatic rings. The summed E-state index contributed by atoms with van der Waals surface area (Å²) in [6, 6.07) is 10.1. The Morgan fingerprint density at radius 2 is 2.00 bits per heavy atom. The first-order valence-electron chi connectivity index (χ1n) is 7.46. The van der Waals surface area contributed by atoms with Crippen LogP contribution in [0.2, 0.25) is 0 Å². The summed E-state index contributed by atoms with van der Waals surface area (Å²) >= 11 is 3.07. The van der Waals surface area contributed by atoms with E-state index in [0.29, 0.717) is 4.88 Å². The number of amides is 1. The predicted octanol–water partition coefficient (Wildman–Crippen LogP) is 4.19. The van der Waals surface area contributed by atoms with Crippen molar-refractivity contribution >= 4 is 54.0 Å². The lowest BCUT2D eigenvalue weighted by atomic mass is 10.2. The summed E-state index contributed by atoms with van der Waals surface area (Å²) < 4.78 is 8.49. The number of hydrogen-bond donors (Lipinski definition) is 1. The molecule has 0 radical (unpaired) electrons. The van der Waals surface area contributed by atoms with Gasteiger partial charge in [-0.2, -0.15) is 0 Å². The number of carbonyl (C=O) groups excluding carboxylic acids is 2. The number of ether oxygens (including phenoxy) is 1. The average Bonchev–Trinajstić information content (AvgIpc) is 3.10. The van der Waals surface area contributed by atoms with Crippen LogP contribution in [0.25, 0.3) is 19.5 Å². The van der Waals surface area contributed by atoms with E-state index in [1.54, 1.807) is 11.3 Å². The Balaban J connectivity index is 1.70. The van der Waals surface area contributed by atoms with Crippen molar-refractivity contribution in [2.75, 3.05) is 6.61 Å². The third-order valence-electron chi connectivity index (χ3n) is 3.60. The molecule has 0 aliphatic carbocycles.